The highest BCUT2D eigenvalue weighted by molar-refractivity contribution is 6.07. The second-order valence-corrected chi connectivity index (χ2v) is 8.28. The van der Waals surface area contributed by atoms with Crippen molar-refractivity contribution in [3.05, 3.63) is 47.5 Å². The molecule has 0 saturated carbocycles. The van der Waals surface area contributed by atoms with Crippen molar-refractivity contribution in [2.45, 2.75) is 31.9 Å². The number of ketones is 1. The lowest BCUT2D eigenvalue weighted by Crippen LogP contribution is -2.18. The Hall–Kier alpha value is -2.93. The van der Waals surface area contributed by atoms with E-state index in [9.17, 15) is 23.2 Å². The van der Waals surface area contributed by atoms with Crippen LogP contribution in [0.3, 0.4) is 0 Å². The molecule has 35 heavy (non-hydrogen) atoms. The molecule has 3 rings (SSSR count). The van der Waals surface area contributed by atoms with E-state index in [1.165, 1.54) is 18.2 Å². The molecule has 0 aliphatic carbocycles. The fourth-order valence-corrected chi connectivity index (χ4v) is 4.11. The summed E-state index contributed by atoms with van der Waals surface area (Å²) in [5, 5.41) is 19.5. The number of benzene rings is 2. The third-order valence-electron chi connectivity index (χ3n) is 5.81. The maximum atomic E-state index is 14.0. The van der Waals surface area contributed by atoms with Crippen LogP contribution in [-0.2, 0) is 14.3 Å². The van der Waals surface area contributed by atoms with Gasteiger partial charge in [0.15, 0.2) is 5.78 Å². The molecule has 1 aliphatic rings. The van der Waals surface area contributed by atoms with Gasteiger partial charge in [0.1, 0.15) is 11.6 Å². The summed E-state index contributed by atoms with van der Waals surface area (Å²) < 4.78 is 52.4. The van der Waals surface area contributed by atoms with Crippen molar-refractivity contribution in [3.63, 3.8) is 0 Å². The van der Waals surface area contributed by atoms with Gasteiger partial charge in [-0.05, 0) is 53.8 Å². The first kappa shape index (κ1) is 26.7. The highest BCUT2D eigenvalue weighted by Gasteiger charge is 2.39. The molecule has 0 amide bonds. The quantitative estimate of drug-likeness (QED) is 0.265. The fraction of sp³-hybridized carbons (Fsp3) is 0.462. The van der Waals surface area contributed by atoms with Crippen molar-refractivity contribution in [2.75, 3.05) is 51.0 Å². The van der Waals surface area contributed by atoms with Crippen LogP contribution >= 0.6 is 0 Å². The van der Waals surface area contributed by atoms with Crippen molar-refractivity contribution < 1.29 is 32.5 Å². The number of carbonyl (C=O) groups excluding carboxylic acids is 1. The van der Waals surface area contributed by atoms with Crippen LogP contribution in [0, 0.1) is 11.3 Å². The molecule has 0 aromatic heterocycles. The number of fused-ring (bicyclic) bond motifs is 1. The topological polar surface area (TPSA) is 82.8 Å². The Bertz CT molecular complexity index is 1090. The van der Waals surface area contributed by atoms with E-state index in [0.29, 0.717) is 5.39 Å². The molecule has 2 aromatic rings. The Morgan fingerprint density at radius 1 is 1.00 bits per heavy atom. The lowest BCUT2D eigenvalue weighted by Gasteiger charge is -2.19. The van der Waals surface area contributed by atoms with Crippen molar-refractivity contribution in [3.8, 4) is 6.07 Å². The molecular formula is C26H29F3N2O4. The molecule has 1 saturated heterocycles. The fourth-order valence-electron chi connectivity index (χ4n) is 4.11. The van der Waals surface area contributed by atoms with Gasteiger partial charge in [-0.25, -0.2) is 0 Å². The Balaban J connectivity index is 1.76. The van der Waals surface area contributed by atoms with Crippen LogP contribution in [0.5, 0.6) is 0 Å². The minimum Gasteiger partial charge on any atom is -0.394 e. The maximum Gasteiger partial charge on any atom is 0.418 e. The molecule has 0 spiro atoms. The van der Waals surface area contributed by atoms with Crippen LogP contribution in [0.2, 0.25) is 0 Å². The lowest BCUT2D eigenvalue weighted by molar-refractivity contribution is -0.116. The number of rotatable bonds is 12. The SMILES string of the molecule is N#C/C(C(=O)CCCOCCOCCO)=C(\c1ccc2cc(N3CCCC3)ccc2c1)C(F)(F)F. The minimum atomic E-state index is -4.87. The molecule has 0 radical (unpaired) electrons. The summed E-state index contributed by atoms with van der Waals surface area (Å²) in [6, 6.07) is 11.4. The van der Waals surface area contributed by atoms with Gasteiger partial charge in [-0.15, -0.1) is 0 Å². The predicted octanol–water partition coefficient (Wildman–Crippen LogP) is 4.65. The molecule has 1 heterocycles. The van der Waals surface area contributed by atoms with Crippen molar-refractivity contribution >= 4 is 27.8 Å². The van der Waals surface area contributed by atoms with Crippen LogP contribution < -0.4 is 4.90 Å². The second kappa shape index (κ2) is 12.7. The molecule has 0 atom stereocenters. The lowest BCUT2D eigenvalue weighted by atomic mass is 9.93. The largest absolute Gasteiger partial charge is 0.418 e. The summed E-state index contributed by atoms with van der Waals surface area (Å²) >= 11 is 0. The zero-order valence-corrected chi connectivity index (χ0v) is 19.4. The highest BCUT2D eigenvalue weighted by Crippen LogP contribution is 2.38. The van der Waals surface area contributed by atoms with Gasteiger partial charge in [0.05, 0.1) is 32.0 Å². The summed E-state index contributed by atoms with van der Waals surface area (Å²) in [5.74, 6) is -0.871. The first-order valence-electron chi connectivity index (χ1n) is 11.7. The van der Waals surface area contributed by atoms with Crippen molar-refractivity contribution in [1.82, 2.24) is 0 Å². The molecular weight excluding hydrogens is 461 g/mol. The Morgan fingerprint density at radius 3 is 2.31 bits per heavy atom. The summed E-state index contributed by atoms with van der Waals surface area (Å²) in [6.07, 6.45) is -2.71. The predicted molar refractivity (Wildman–Crippen MR) is 127 cm³/mol. The number of Topliss-reactive ketones (excluding diaryl/α,β-unsaturated/α-hetero) is 1. The number of hydrogen-bond donors (Lipinski definition) is 1. The van der Waals surface area contributed by atoms with E-state index in [1.807, 2.05) is 12.1 Å². The Labute approximate surface area is 202 Å². The number of nitrogens with zero attached hydrogens (tertiary/aromatic N) is 2. The van der Waals surface area contributed by atoms with Gasteiger partial charge in [-0.3, -0.25) is 4.79 Å². The van der Waals surface area contributed by atoms with E-state index in [0.717, 1.165) is 37.0 Å². The van der Waals surface area contributed by atoms with Crippen LogP contribution in [-0.4, -0.2) is 63.2 Å². The van der Waals surface area contributed by atoms with E-state index < -0.39 is 23.1 Å². The number of alkyl halides is 3. The average Bonchev–Trinajstić information content (AvgIpc) is 3.37. The van der Waals surface area contributed by atoms with Crippen molar-refractivity contribution in [1.29, 1.82) is 5.26 Å². The molecule has 1 fully saturated rings. The number of ether oxygens (including phenoxy) is 2. The monoisotopic (exact) mass is 490 g/mol. The van der Waals surface area contributed by atoms with Gasteiger partial charge in [0.25, 0.3) is 0 Å². The highest BCUT2D eigenvalue weighted by atomic mass is 19.4. The summed E-state index contributed by atoms with van der Waals surface area (Å²) in [4.78, 5) is 14.8. The van der Waals surface area contributed by atoms with E-state index in [4.69, 9.17) is 14.6 Å². The van der Waals surface area contributed by atoms with E-state index in [-0.39, 0.29) is 51.4 Å². The number of hydrogen-bond acceptors (Lipinski definition) is 6. The molecule has 1 aliphatic heterocycles. The molecule has 9 heteroatoms. The zero-order chi connectivity index (χ0) is 25.3. The summed E-state index contributed by atoms with van der Waals surface area (Å²) in [7, 11) is 0. The first-order chi connectivity index (χ1) is 16.8. The number of nitriles is 1. The Morgan fingerprint density at radius 2 is 1.66 bits per heavy atom. The van der Waals surface area contributed by atoms with Gasteiger partial charge >= 0.3 is 6.18 Å². The number of aliphatic hydroxyl groups excluding tert-OH is 1. The molecule has 188 valence electrons. The third kappa shape index (κ3) is 7.28. The summed E-state index contributed by atoms with van der Waals surface area (Å²) in [6.45, 7) is 2.64. The van der Waals surface area contributed by atoms with Crippen LogP contribution in [0.1, 0.15) is 31.2 Å². The first-order valence-corrected chi connectivity index (χ1v) is 11.7. The summed E-state index contributed by atoms with van der Waals surface area (Å²) in [5.41, 5.74) is -1.28. The second-order valence-electron chi connectivity index (χ2n) is 8.28. The van der Waals surface area contributed by atoms with Crippen LogP contribution in [0.25, 0.3) is 16.3 Å². The van der Waals surface area contributed by atoms with Gasteiger partial charge in [0.2, 0.25) is 0 Å². The number of aliphatic hydroxyl groups is 1. The van der Waals surface area contributed by atoms with Gasteiger partial charge < -0.3 is 19.5 Å². The van der Waals surface area contributed by atoms with Gasteiger partial charge in [-0.2, -0.15) is 18.4 Å². The minimum absolute atomic E-state index is 0.101. The number of anilines is 1. The van der Waals surface area contributed by atoms with Crippen LogP contribution in [0.15, 0.2) is 42.0 Å². The standard InChI is InChI=1S/C26H29F3N2O4/c27-26(28,29)25(23(18-30)24(33)4-3-12-34-14-15-35-13-11-32)21-6-5-20-17-22(8-7-19(20)16-21)31-9-1-2-10-31/h5-8,16-17,32H,1-4,9-15H2/b25-23-. The number of carbonyl (C=O) groups is 1. The molecule has 1 N–H and O–H groups in total. The Kier molecular flexibility index (Phi) is 9.66. The smallest absolute Gasteiger partial charge is 0.394 e. The van der Waals surface area contributed by atoms with Gasteiger partial charge in [0, 0.05) is 31.8 Å². The number of allylic oxidation sites excluding steroid dienone is 2. The van der Waals surface area contributed by atoms with E-state index >= 15 is 0 Å². The maximum absolute atomic E-state index is 14.0. The molecule has 0 bridgehead atoms. The zero-order valence-electron chi connectivity index (χ0n) is 19.4. The molecule has 6 nitrogen and oxygen atoms in total. The molecule has 0 unspecified atom stereocenters. The van der Waals surface area contributed by atoms with Crippen LogP contribution in [0.4, 0.5) is 18.9 Å². The average molecular weight is 491 g/mol. The number of halogens is 3. The third-order valence-corrected chi connectivity index (χ3v) is 5.81. The van der Waals surface area contributed by atoms with E-state index in [2.05, 4.69) is 4.90 Å². The normalized spacial score (nSPS) is 14.8. The van der Waals surface area contributed by atoms with Gasteiger partial charge in [-0.1, -0.05) is 18.2 Å². The van der Waals surface area contributed by atoms with Crippen molar-refractivity contribution in [2.24, 2.45) is 0 Å². The molecule has 2 aromatic carbocycles. The van der Waals surface area contributed by atoms with E-state index in [1.54, 1.807) is 12.1 Å².